The first-order valence-corrected chi connectivity index (χ1v) is 4.77. The highest BCUT2D eigenvalue weighted by Gasteiger charge is 2.30. The smallest absolute Gasteiger partial charge is 0.381 e. The molecule has 2 nitrogen and oxygen atoms in total. The second-order valence-electron chi connectivity index (χ2n) is 4.14. The maximum Gasteiger partial charge on any atom is 0.401 e. The third-order valence-corrected chi connectivity index (χ3v) is 2.58. The van der Waals surface area contributed by atoms with Crippen molar-refractivity contribution in [2.24, 2.45) is 5.41 Å². The van der Waals surface area contributed by atoms with Crippen LogP contribution >= 0.6 is 0 Å². The fourth-order valence-electron chi connectivity index (χ4n) is 1.55. The molecule has 0 amide bonds. The van der Waals surface area contributed by atoms with Gasteiger partial charge in [0.05, 0.1) is 6.54 Å². The van der Waals surface area contributed by atoms with Crippen molar-refractivity contribution >= 4 is 0 Å². The Bertz CT molecular complexity index is 175. The van der Waals surface area contributed by atoms with Crippen LogP contribution in [0.25, 0.3) is 0 Å². The number of hydrogen-bond donors (Lipinski definition) is 1. The van der Waals surface area contributed by atoms with E-state index in [9.17, 15) is 13.2 Å². The lowest BCUT2D eigenvalue weighted by molar-refractivity contribution is -0.126. The van der Waals surface area contributed by atoms with Crippen LogP contribution in [0.1, 0.15) is 19.8 Å². The molecule has 5 heteroatoms. The molecule has 1 aliphatic heterocycles. The van der Waals surface area contributed by atoms with Gasteiger partial charge in [-0.25, -0.2) is 0 Å². The van der Waals surface area contributed by atoms with Crippen molar-refractivity contribution in [2.75, 3.05) is 26.3 Å². The average molecular weight is 211 g/mol. The minimum atomic E-state index is -4.11. The highest BCUT2D eigenvalue weighted by molar-refractivity contribution is 4.79. The Balaban J connectivity index is 2.22. The van der Waals surface area contributed by atoms with Crippen LogP contribution in [-0.2, 0) is 4.74 Å². The maximum absolute atomic E-state index is 11.8. The summed E-state index contributed by atoms with van der Waals surface area (Å²) in [5.41, 5.74) is -0.0382. The molecule has 0 aromatic rings. The Morgan fingerprint density at radius 3 is 2.36 bits per heavy atom. The standard InChI is InChI=1S/C9H16F3NO/c1-8(2-4-14-5-3-8)6-13-7-9(10,11)12/h13H,2-7H2,1H3. The number of alkyl halides is 3. The van der Waals surface area contributed by atoms with Gasteiger partial charge >= 0.3 is 6.18 Å². The molecule has 0 aromatic carbocycles. The molecule has 0 spiro atoms. The van der Waals surface area contributed by atoms with Crippen LogP contribution in [0.4, 0.5) is 13.2 Å². The summed E-state index contributed by atoms with van der Waals surface area (Å²) in [6, 6.07) is 0. The lowest BCUT2D eigenvalue weighted by atomic mass is 9.82. The molecule has 0 bridgehead atoms. The number of nitrogens with one attached hydrogen (secondary N) is 1. The summed E-state index contributed by atoms with van der Waals surface area (Å²) < 4.78 is 40.7. The summed E-state index contributed by atoms with van der Waals surface area (Å²) in [4.78, 5) is 0. The molecular formula is C9H16F3NO. The summed E-state index contributed by atoms with van der Waals surface area (Å²) >= 11 is 0. The van der Waals surface area contributed by atoms with E-state index in [0.717, 1.165) is 12.8 Å². The van der Waals surface area contributed by atoms with Crippen molar-refractivity contribution in [1.82, 2.24) is 5.32 Å². The molecule has 0 atom stereocenters. The molecule has 14 heavy (non-hydrogen) atoms. The minimum absolute atomic E-state index is 0.0382. The highest BCUT2D eigenvalue weighted by atomic mass is 19.4. The summed E-state index contributed by atoms with van der Waals surface area (Å²) in [5, 5.41) is 2.46. The van der Waals surface area contributed by atoms with Crippen LogP contribution in [0.5, 0.6) is 0 Å². The zero-order valence-electron chi connectivity index (χ0n) is 8.28. The van der Waals surface area contributed by atoms with Gasteiger partial charge in [0.1, 0.15) is 0 Å². The summed E-state index contributed by atoms with van der Waals surface area (Å²) in [6.07, 6.45) is -2.45. The van der Waals surface area contributed by atoms with Crippen LogP contribution in [-0.4, -0.2) is 32.5 Å². The summed E-state index contributed by atoms with van der Waals surface area (Å²) in [6.45, 7) is 2.83. The normalized spacial score (nSPS) is 22.3. The Kier molecular flexibility index (Phi) is 3.78. The minimum Gasteiger partial charge on any atom is -0.381 e. The van der Waals surface area contributed by atoms with E-state index < -0.39 is 12.7 Å². The summed E-state index contributed by atoms with van der Waals surface area (Å²) in [7, 11) is 0. The molecular weight excluding hydrogens is 195 g/mol. The topological polar surface area (TPSA) is 21.3 Å². The van der Waals surface area contributed by atoms with Gasteiger partial charge in [-0.05, 0) is 18.3 Å². The van der Waals surface area contributed by atoms with E-state index in [1.54, 1.807) is 0 Å². The molecule has 1 N–H and O–H groups in total. The van der Waals surface area contributed by atoms with Crippen molar-refractivity contribution in [3.05, 3.63) is 0 Å². The lowest BCUT2D eigenvalue weighted by Gasteiger charge is -2.33. The van der Waals surface area contributed by atoms with E-state index in [1.165, 1.54) is 0 Å². The van der Waals surface area contributed by atoms with Gasteiger partial charge in [0.25, 0.3) is 0 Å². The number of ether oxygens (including phenoxy) is 1. The van der Waals surface area contributed by atoms with Crippen molar-refractivity contribution < 1.29 is 17.9 Å². The zero-order chi connectivity index (χ0) is 10.7. The average Bonchev–Trinajstić information content (AvgIpc) is 2.02. The first-order valence-electron chi connectivity index (χ1n) is 4.77. The van der Waals surface area contributed by atoms with Crippen molar-refractivity contribution in [1.29, 1.82) is 0 Å². The Morgan fingerprint density at radius 2 is 1.86 bits per heavy atom. The van der Waals surface area contributed by atoms with Crippen molar-refractivity contribution in [2.45, 2.75) is 25.9 Å². The van der Waals surface area contributed by atoms with Gasteiger partial charge in [-0.3, -0.25) is 0 Å². The van der Waals surface area contributed by atoms with Crippen LogP contribution in [0.15, 0.2) is 0 Å². The van der Waals surface area contributed by atoms with Crippen molar-refractivity contribution in [3.63, 3.8) is 0 Å². The van der Waals surface area contributed by atoms with Gasteiger partial charge in [0.2, 0.25) is 0 Å². The monoisotopic (exact) mass is 211 g/mol. The first-order chi connectivity index (χ1) is 6.41. The molecule has 0 aromatic heterocycles. The molecule has 0 aliphatic carbocycles. The van der Waals surface area contributed by atoms with E-state index in [-0.39, 0.29) is 5.41 Å². The first kappa shape index (κ1) is 11.8. The zero-order valence-corrected chi connectivity index (χ0v) is 8.28. The fraction of sp³-hybridized carbons (Fsp3) is 1.00. The van der Waals surface area contributed by atoms with Crippen molar-refractivity contribution in [3.8, 4) is 0 Å². The lowest BCUT2D eigenvalue weighted by Crippen LogP contribution is -2.40. The molecule has 84 valence electrons. The molecule has 1 aliphatic rings. The van der Waals surface area contributed by atoms with E-state index in [4.69, 9.17) is 4.74 Å². The van der Waals surface area contributed by atoms with Gasteiger partial charge in [-0.2, -0.15) is 13.2 Å². The Hall–Kier alpha value is -0.290. The van der Waals surface area contributed by atoms with Gasteiger partial charge in [0, 0.05) is 19.8 Å². The Morgan fingerprint density at radius 1 is 1.29 bits per heavy atom. The largest absolute Gasteiger partial charge is 0.401 e. The van der Waals surface area contributed by atoms with Crippen LogP contribution in [0.3, 0.4) is 0 Å². The van der Waals surface area contributed by atoms with E-state index in [2.05, 4.69) is 5.32 Å². The number of rotatable bonds is 3. The molecule has 0 unspecified atom stereocenters. The van der Waals surface area contributed by atoms with Gasteiger partial charge < -0.3 is 10.1 Å². The van der Waals surface area contributed by atoms with E-state index in [0.29, 0.717) is 19.8 Å². The summed E-state index contributed by atoms with van der Waals surface area (Å²) in [5.74, 6) is 0. The van der Waals surface area contributed by atoms with Crippen LogP contribution < -0.4 is 5.32 Å². The third-order valence-electron chi connectivity index (χ3n) is 2.58. The van der Waals surface area contributed by atoms with Crippen LogP contribution in [0.2, 0.25) is 0 Å². The maximum atomic E-state index is 11.8. The van der Waals surface area contributed by atoms with Crippen LogP contribution in [0, 0.1) is 5.41 Å². The highest BCUT2D eigenvalue weighted by Crippen LogP contribution is 2.28. The third kappa shape index (κ3) is 4.28. The SMILES string of the molecule is CC1(CNCC(F)(F)F)CCOCC1. The molecule has 1 fully saturated rings. The fourth-order valence-corrected chi connectivity index (χ4v) is 1.55. The molecule has 0 radical (unpaired) electrons. The Labute approximate surface area is 81.8 Å². The number of hydrogen-bond acceptors (Lipinski definition) is 2. The van der Waals surface area contributed by atoms with Gasteiger partial charge in [-0.15, -0.1) is 0 Å². The molecule has 1 rings (SSSR count). The molecule has 0 saturated carbocycles. The predicted octanol–water partition coefficient (Wildman–Crippen LogP) is 1.96. The molecule has 1 saturated heterocycles. The molecule has 1 heterocycles. The van der Waals surface area contributed by atoms with E-state index >= 15 is 0 Å². The predicted molar refractivity (Wildman–Crippen MR) is 47.1 cm³/mol. The second-order valence-corrected chi connectivity index (χ2v) is 4.14. The quantitative estimate of drug-likeness (QED) is 0.770. The van der Waals surface area contributed by atoms with Gasteiger partial charge in [0.15, 0.2) is 0 Å². The van der Waals surface area contributed by atoms with E-state index in [1.807, 2.05) is 6.92 Å². The second kappa shape index (κ2) is 4.49. The van der Waals surface area contributed by atoms with Gasteiger partial charge in [-0.1, -0.05) is 6.92 Å². The number of halogens is 3.